The van der Waals surface area contributed by atoms with Crippen LogP contribution in [-0.4, -0.2) is 11.8 Å². The van der Waals surface area contributed by atoms with Crippen molar-refractivity contribution in [2.24, 2.45) is 0 Å². The van der Waals surface area contributed by atoms with E-state index in [1.54, 1.807) is 12.1 Å². The number of benzene rings is 4. The van der Waals surface area contributed by atoms with Gasteiger partial charge in [-0.3, -0.25) is 4.79 Å². The molecular formula is C28H24FNO. The Kier molecular flexibility index (Phi) is 6.53. The highest BCUT2D eigenvalue weighted by atomic mass is 19.1. The van der Waals surface area contributed by atoms with Gasteiger partial charge in [0.05, 0.1) is 6.04 Å². The molecule has 0 aromatic heterocycles. The first kappa shape index (κ1) is 20.5. The predicted molar refractivity (Wildman–Crippen MR) is 124 cm³/mol. The second-order valence-electron chi connectivity index (χ2n) is 7.56. The fraction of sp³-hybridized carbons (Fsp3) is 0.107. The summed E-state index contributed by atoms with van der Waals surface area (Å²) in [6.45, 7) is 0. The zero-order valence-corrected chi connectivity index (χ0v) is 17.1. The number of hydrogen-bond donors (Lipinski definition) is 1. The highest BCUT2D eigenvalue weighted by Crippen LogP contribution is 2.31. The molecule has 0 heterocycles. The molecule has 2 atom stereocenters. The first-order valence-corrected chi connectivity index (χ1v) is 10.4. The van der Waals surface area contributed by atoms with Crippen molar-refractivity contribution >= 4 is 11.5 Å². The third-order valence-electron chi connectivity index (χ3n) is 5.39. The number of Topliss-reactive ketones (excluding diaryl/α,β-unsaturated/α-hetero) is 1. The summed E-state index contributed by atoms with van der Waals surface area (Å²) in [5, 5.41) is 3.47. The third kappa shape index (κ3) is 5.26. The zero-order valence-electron chi connectivity index (χ0n) is 17.1. The molecule has 31 heavy (non-hydrogen) atoms. The summed E-state index contributed by atoms with van der Waals surface area (Å²) < 4.78 is 13.7. The van der Waals surface area contributed by atoms with E-state index in [2.05, 4.69) is 5.32 Å². The monoisotopic (exact) mass is 409 g/mol. The van der Waals surface area contributed by atoms with E-state index in [1.165, 1.54) is 12.1 Å². The van der Waals surface area contributed by atoms with Crippen LogP contribution in [0.3, 0.4) is 0 Å². The topological polar surface area (TPSA) is 29.1 Å². The SMILES string of the molecule is O=C(Cc1ccccc1)[C@H](Nc1ccccc1)[C@H](c1ccccc1)c1ccc(F)cc1. The van der Waals surface area contributed by atoms with Crippen molar-refractivity contribution < 1.29 is 9.18 Å². The number of anilines is 1. The Hall–Kier alpha value is -3.72. The maximum atomic E-state index is 13.7. The second kappa shape index (κ2) is 9.86. The molecule has 0 aliphatic rings. The van der Waals surface area contributed by atoms with Gasteiger partial charge < -0.3 is 5.32 Å². The lowest BCUT2D eigenvalue weighted by molar-refractivity contribution is -0.119. The van der Waals surface area contributed by atoms with Crippen LogP contribution in [-0.2, 0) is 11.2 Å². The number of para-hydroxylation sites is 1. The summed E-state index contributed by atoms with van der Waals surface area (Å²) in [6.07, 6.45) is 0.315. The molecule has 0 fully saturated rings. The fourth-order valence-corrected chi connectivity index (χ4v) is 3.88. The Labute approximate surface area is 182 Å². The van der Waals surface area contributed by atoms with E-state index in [1.807, 2.05) is 91.0 Å². The molecule has 0 radical (unpaired) electrons. The summed E-state index contributed by atoms with van der Waals surface area (Å²) in [4.78, 5) is 13.6. The van der Waals surface area contributed by atoms with Crippen molar-refractivity contribution in [1.29, 1.82) is 0 Å². The molecule has 0 bridgehead atoms. The third-order valence-corrected chi connectivity index (χ3v) is 5.39. The summed E-state index contributed by atoms with van der Waals surface area (Å²) in [7, 11) is 0. The first-order chi connectivity index (χ1) is 15.2. The van der Waals surface area contributed by atoms with Gasteiger partial charge in [-0.25, -0.2) is 4.39 Å². The molecule has 2 nitrogen and oxygen atoms in total. The molecule has 0 aliphatic heterocycles. The second-order valence-corrected chi connectivity index (χ2v) is 7.56. The van der Waals surface area contributed by atoms with Crippen molar-refractivity contribution in [3.8, 4) is 0 Å². The van der Waals surface area contributed by atoms with Crippen LogP contribution in [0.2, 0.25) is 0 Å². The number of ketones is 1. The molecular weight excluding hydrogens is 385 g/mol. The number of nitrogens with one attached hydrogen (secondary N) is 1. The molecule has 4 aromatic carbocycles. The number of hydrogen-bond acceptors (Lipinski definition) is 2. The Morgan fingerprint density at radius 3 is 1.81 bits per heavy atom. The minimum Gasteiger partial charge on any atom is -0.374 e. The number of carbonyl (C=O) groups excluding carboxylic acids is 1. The minimum atomic E-state index is -0.518. The van der Waals surface area contributed by atoms with Gasteiger partial charge in [0.25, 0.3) is 0 Å². The van der Waals surface area contributed by atoms with E-state index < -0.39 is 6.04 Å². The Bertz CT molecular complexity index is 1100. The minimum absolute atomic E-state index is 0.0771. The molecule has 0 spiro atoms. The van der Waals surface area contributed by atoms with Gasteiger partial charge in [-0.1, -0.05) is 91.0 Å². The number of halogens is 1. The van der Waals surface area contributed by atoms with Crippen LogP contribution >= 0.6 is 0 Å². The van der Waals surface area contributed by atoms with Gasteiger partial charge in [0.2, 0.25) is 0 Å². The van der Waals surface area contributed by atoms with Crippen LogP contribution in [0.1, 0.15) is 22.6 Å². The van der Waals surface area contributed by atoms with Gasteiger partial charge >= 0.3 is 0 Å². The fourth-order valence-electron chi connectivity index (χ4n) is 3.88. The van der Waals surface area contributed by atoms with Crippen molar-refractivity contribution in [1.82, 2.24) is 0 Å². The lowest BCUT2D eigenvalue weighted by atomic mass is 9.81. The van der Waals surface area contributed by atoms with E-state index in [4.69, 9.17) is 0 Å². The van der Waals surface area contributed by atoms with Crippen LogP contribution in [0.15, 0.2) is 115 Å². The molecule has 4 aromatic rings. The Balaban J connectivity index is 1.76. The van der Waals surface area contributed by atoms with Crippen LogP contribution in [0, 0.1) is 5.82 Å². The predicted octanol–water partition coefficient (Wildman–Crippen LogP) is 6.25. The van der Waals surface area contributed by atoms with Crippen molar-refractivity contribution in [3.05, 3.63) is 138 Å². The van der Waals surface area contributed by atoms with Crippen molar-refractivity contribution in [2.75, 3.05) is 5.32 Å². The lowest BCUT2D eigenvalue weighted by Gasteiger charge is -2.29. The molecule has 154 valence electrons. The zero-order chi connectivity index (χ0) is 21.5. The highest BCUT2D eigenvalue weighted by molar-refractivity contribution is 5.90. The molecule has 0 amide bonds. The Morgan fingerprint density at radius 2 is 1.19 bits per heavy atom. The quantitative estimate of drug-likeness (QED) is 0.373. The Morgan fingerprint density at radius 1 is 0.677 bits per heavy atom. The van der Waals surface area contributed by atoms with Crippen LogP contribution in [0.4, 0.5) is 10.1 Å². The van der Waals surface area contributed by atoms with E-state index in [0.717, 1.165) is 22.4 Å². The normalized spacial score (nSPS) is 12.7. The first-order valence-electron chi connectivity index (χ1n) is 10.4. The van der Waals surface area contributed by atoms with E-state index in [0.29, 0.717) is 6.42 Å². The summed E-state index contributed by atoms with van der Waals surface area (Å²) in [5.74, 6) is -0.481. The largest absolute Gasteiger partial charge is 0.374 e. The van der Waals surface area contributed by atoms with Crippen LogP contribution < -0.4 is 5.32 Å². The van der Waals surface area contributed by atoms with E-state index in [9.17, 15) is 9.18 Å². The molecule has 0 aliphatic carbocycles. The summed E-state index contributed by atoms with van der Waals surface area (Å²) >= 11 is 0. The van der Waals surface area contributed by atoms with Gasteiger partial charge in [0, 0.05) is 18.0 Å². The molecule has 0 saturated carbocycles. The highest BCUT2D eigenvalue weighted by Gasteiger charge is 2.31. The van der Waals surface area contributed by atoms with Crippen molar-refractivity contribution in [3.63, 3.8) is 0 Å². The average Bonchev–Trinajstić information content (AvgIpc) is 2.82. The van der Waals surface area contributed by atoms with E-state index in [-0.39, 0.29) is 17.5 Å². The molecule has 0 unspecified atom stereocenters. The standard InChI is InChI=1S/C28H24FNO/c29-24-18-16-23(17-19-24)27(22-12-6-2-7-13-22)28(30-25-14-8-3-9-15-25)26(31)20-21-10-4-1-5-11-21/h1-19,27-28,30H,20H2/t27-,28+/m1/s1. The van der Waals surface area contributed by atoms with Gasteiger partial charge in [0.1, 0.15) is 5.82 Å². The molecule has 3 heteroatoms. The van der Waals surface area contributed by atoms with Crippen molar-refractivity contribution in [2.45, 2.75) is 18.4 Å². The van der Waals surface area contributed by atoms with Gasteiger partial charge in [-0.15, -0.1) is 0 Å². The smallest absolute Gasteiger partial charge is 0.160 e. The molecule has 1 N–H and O–H groups in total. The maximum absolute atomic E-state index is 13.7. The van der Waals surface area contributed by atoms with Crippen LogP contribution in [0.5, 0.6) is 0 Å². The lowest BCUT2D eigenvalue weighted by Crippen LogP contribution is -2.37. The van der Waals surface area contributed by atoms with Crippen LogP contribution in [0.25, 0.3) is 0 Å². The number of carbonyl (C=O) groups is 1. The van der Waals surface area contributed by atoms with E-state index >= 15 is 0 Å². The summed E-state index contributed by atoms with van der Waals surface area (Å²) in [5.41, 5.74) is 3.74. The maximum Gasteiger partial charge on any atom is 0.160 e. The molecule has 0 saturated heterocycles. The average molecular weight is 410 g/mol. The number of rotatable bonds is 8. The molecule has 4 rings (SSSR count). The van der Waals surface area contributed by atoms with Gasteiger partial charge in [-0.2, -0.15) is 0 Å². The van der Waals surface area contributed by atoms with Gasteiger partial charge in [0.15, 0.2) is 5.78 Å². The summed E-state index contributed by atoms with van der Waals surface area (Å²) in [6, 6.07) is 35.3. The van der Waals surface area contributed by atoms with Gasteiger partial charge in [-0.05, 0) is 41.0 Å².